The highest BCUT2D eigenvalue weighted by molar-refractivity contribution is 6.01. The standard InChI is InChI=1S/C28H20F5N5O5/c1-36-9-8-22(39)38(27(36)43)20-7-3-5-15-14(4-2-6-16(15)20)10-19(26(41)42)35-25(40)23-18(29)11-21-17(24(23)30)12-34-37(21)13-28(31,32)33/h2-9,11-12,19H,10,13H2,1H3,(H,35,40)(H,41,42)/t19-/m0/s1. The topological polar surface area (TPSA) is 128 Å². The van der Waals surface area contributed by atoms with Crippen molar-refractivity contribution in [2.75, 3.05) is 0 Å². The van der Waals surface area contributed by atoms with Crippen molar-refractivity contribution in [3.05, 3.63) is 105 Å². The third-order valence-electron chi connectivity index (χ3n) is 6.81. The molecule has 0 saturated heterocycles. The average Bonchev–Trinajstić information content (AvgIpc) is 3.31. The Labute approximate surface area is 237 Å². The van der Waals surface area contributed by atoms with E-state index in [9.17, 15) is 41.8 Å². The lowest BCUT2D eigenvalue weighted by atomic mass is 9.97. The predicted octanol–water partition coefficient (Wildman–Crippen LogP) is 3.31. The Bertz CT molecular complexity index is 2050. The van der Waals surface area contributed by atoms with E-state index in [1.807, 2.05) is 0 Å². The molecule has 2 N–H and O–H groups in total. The van der Waals surface area contributed by atoms with Gasteiger partial charge in [-0.05, 0) is 17.0 Å². The van der Waals surface area contributed by atoms with Crippen molar-refractivity contribution in [1.82, 2.24) is 24.2 Å². The third-order valence-corrected chi connectivity index (χ3v) is 6.81. The molecule has 0 spiro atoms. The summed E-state index contributed by atoms with van der Waals surface area (Å²) in [4.78, 5) is 50.3. The maximum Gasteiger partial charge on any atom is 0.408 e. The van der Waals surface area contributed by atoms with Crippen LogP contribution in [0.5, 0.6) is 0 Å². The van der Waals surface area contributed by atoms with E-state index in [4.69, 9.17) is 0 Å². The Balaban J connectivity index is 1.50. The second kappa shape index (κ2) is 10.8. The van der Waals surface area contributed by atoms with Crippen molar-refractivity contribution in [2.24, 2.45) is 7.05 Å². The number of carbonyl (C=O) groups excluding carboxylic acids is 1. The van der Waals surface area contributed by atoms with Gasteiger partial charge in [0.05, 0.1) is 22.8 Å². The molecule has 0 aliphatic heterocycles. The number of carbonyl (C=O) groups is 2. The number of rotatable bonds is 7. The van der Waals surface area contributed by atoms with E-state index in [2.05, 4.69) is 10.4 Å². The number of benzene rings is 3. The summed E-state index contributed by atoms with van der Waals surface area (Å²) in [6, 6.07) is 9.41. The van der Waals surface area contributed by atoms with Crippen LogP contribution < -0.4 is 16.6 Å². The number of aryl methyl sites for hydroxylation is 1. The van der Waals surface area contributed by atoms with E-state index in [1.54, 1.807) is 30.3 Å². The number of halogens is 5. The zero-order valence-corrected chi connectivity index (χ0v) is 22.0. The SMILES string of the molecule is Cn1ccc(=O)n(-c2cccc3c(C[C@H](NC(=O)c4c(F)cc5c(cnn5CC(F)(F)F)c4F)C(=O)O)cccc23)c1=O. The van der Waals surface area contributed by atoms with Gasteiger partial charge in [-0.15, -0.1) is 0 Å². The highest BCUT2D eigenvalue weighted by Gasteiger charge is 2.31. The molecular formula is C28H20F5N5O5. The lowest BCUT2D eigenvalue weighted by Gasteiger charge is -2.18. The molecule has 0 unspecified atom stereocenters. The maximum absolute atomic E-state index is 15.2. The minimum atomic E-state index is -4.73. The quantitative estimate of drug-likeness (QED) is 0.276. The van der Waals surface area contributed by atoms with Crippen LogP contribution in [0.4, 0.5) is 22.0 Å². The first-order valence-corrected chi connectivity index (χ1v) is 12.5. The molecule has 2 heterocycles. The van der Waals surface area contributed by atoms with Gasteiger partial charge in [0.1, 0.15) is 29.8 Å². The summed E-state index contributed by atoms with van der Waals surface area (Å²) in [7, 11) is 1.47. The molecule has 43 heavy (non-hydrogen) atoms. The van der Waals surface area contributed by atoms with Crippen molar-refractivity contribution in [1.29, 1.82) is 0 Å². The van der Waals surface area contributed by atoms with Crippen molar-refractivity contribution >= 4 is 33.6 Å². The van der Waals surface area contributed by atoms with Gasteiger partial charge in [0.2, 0.25) is 0 Å². The van der Waals surface area contributed by atoms with Crippen LogP contribution in [-0.4, -0.2) is 48.1 Å². The molecule has 2 aromatic heterocycles. The Morgan fingerprint density at radius 3 is 2.42 bits per heavy atom. The minimum absolute atomic E-state index is 0.227. The van der Waals surface area contributed by atoms with Crippen molar-refractivity contribution in [2.45, 2.75) is 25.2 Å². The lowest BCUT2D eigenvalue weighted by Crippen LogP contribution is -2.43. The normalized spacial score (nSPS) is 12.5. The van der Waals surface area contributed by atoms with Crippen LogP contribution in [0.25, 0.3) is 27.4 Å². The monoisotopic (exact) mass is 601 g/mol. The number of nitrogens with zero attached hydrogens (tertiary/aromatic N) is 4. The van der Waals surface area contributed by atoms with Crippen LogP contribution >= 0.6 is 0 Å². The number of amides is 1. The van der Waals surface area contributed by atoms with E-state index in [0.29, 0.717) is 33.3 Å². The van der Waals surface area contributed by atoms with Gasteiger partial charge in [0.25, 0.3) is 11.5 Å². The molecule has 0 aliphatic rings. The number of hydrogen-bond acceptors (Lipinski definition) is 5. The smallest absolute Gasteiger partial charge is 0.408 e. The first kappa shape index (κ1) is 29.2. The Morgan fingerprint density at radius 1 is 1.02 bits per heavy atom. The molecule has 0 aliphatic carbocycles. The molecule has 0 radical (unpaired) electrons. The molecule has 1 atom stereocenters. The number of fused-ring (bicyclic) bond motifs is 2. The number of nitrogens with one attached hydrogen (secondary N) is 1. The Morgan fingerprint density at radius 2 is 1.72 bits per heavy atom. The van der Waals surface area contributed by atoms with Crippen molar-refractivity contribution in [3.8, 4) is 5.69 Å². The third kappa shape index (κ3) is 5.48. The first-order valence-electron chi connectivity index (χ1n) is 12.5. The summed E-state index contributed by atoms with van der Waals surface area (Å²) in [5, 5.41) is 15.6. The number of aliphatic carboxylic acids is 1. The summed E-state index contributed by atoms with van der Waals surface area (Å²) in [5.74, 6) is -6.02. The fraction of sp³-hybridized carbons (Fsp3) is 0.179. The second-order valence-corrected chi connectivity index (χ2v) is 9.64. The zero-order chi connectivity index (χ0) is 31.2. The molecule has 222 valence electrons. The van der Waals surface area contributed by atoms with Crippen LogP contribution in [-0.2, 0) is 24.8 Å². The largest absolute Gasteiger partial charge is 0.480 e. The van der Waals surface area contributed by atoms with Gasteiger partial charge in [-0.25, -0.2) is 22.9 Å². The van der Waals surface area contributed by atoms with E-state index in [1.165, 1.54) is 29.9 Å². The highest BCUT2D eigenvalue weighted by atomic mass is 19.4. The number of aromatic nitrogens is 4. The van der Waals surface area contributed by atoms with E-state index < -0.39 is 70.0 Å². The summed E-state index contributed by atoms with van der Waals surface area (Å²) in [6.07, 6.45) is -3.08. The van der Waals surface area contributed by atoms with Crippen LogP contribution in [0.3, 0.4) is 0 Å². The molecule has 10 nitrogen and oxygen atoms in total. The zero-order valence-electron chi connectivity index (χ0n) is 22.0. The molecule has 5 aromatic rings. The lowest BCUT2D eigenvalue weighted by molar-refractivity contribution is -0.142. The molecule has 15 heteroatoms. The molecule has 3 aromatic carbocycles. The molecule has 0 fully saturated rings. The van der Waals surface area contributed by atoms with Crippen LogP contribution in [0.15, 0.2) is 70.5 Å². The number of carboxylic acids is 1. The summed E-state index contributed by atoms with van der Waals surface area (Å²) >= 11 is 0. The molecular weight excluding hydrogens is 581 g/mol. The number of alkyl halides is 3. The van der Waals surface area contributed by atoms with Gasteiger partial charge in [-0.1, -0.05) is 30.3 Å². The van der Waals surface area contributed by atoms with Crippen molar-refractivity contribution < 1.29 is 36.6 Å². The van der Waals surface area contributed by atoms with Gasteiger partial charge in [-0.3, -0.25) is 14.3 Å². The van der Waals surface area contributed by atoms with Crippen molar-refractivity contribution in [3.63, 3.8) is 0 Å². The molecule has 1 amide bonds. The molecule has 0 saturated carbocycles. The van der Waals surface area contributed by atoms with E-state index >= 15 is 4.39 Å². The van der Waals surface area contributed by atoms with Gasteiger partial charge in [-0.2, -0.15) is 18.3 Å². The summed E-state index contributed by atoms with van der Waals surface area (Å²) in [5.41, 5.74) is -2.36. The van der Waals surface area contributed by atoms with Gasteiger partial charge < -0.3 is 15.0 Å². The van der Waals surface area contributed by atoms with Crippen LogP contribution in [0.1, 0.15) is 15.9 Å². The molecule has 5 rings (SSSR count). The Hall–Kier alpha value is -5.34. The fourth-order valence-corrected chi connectivity index (χ4v) is 4.82. The first-order chi connectivity index (χ1) is 20.3. The van der Waals surface area contributed by atoms with E-state index in [0.717, 1.165) is 4.57 Å². The maximum atomic E-state index is 15.2. The Kier molecular flexibility index (Phi) is 7.33. The highest BCUT2D eigenvalue weighted by Crippen LogP contribution is 2.28. The summed E-state index contributed by atoms with van der Waals surface area (Å²) < 4.78 is 71.0. The number of carboxylic acid groups (broad SMARTS) is 1. The average molecular weight is 601 g/mol. The molecule has 0 bridgehead atoms. The minimum Gasteiger partial charge on any atom is -0.480 e. The van der Waals surface area contributed by atoms with Gasteiger partial charge in [0, 0.05) is 37.2 Å². The second-order valence-electron chi connectivity index (χ2n) is 9.64. The predicted molar refractivity (Wildman–Crippen MR) is 143 cm³/mol. The van der Waals surface area contributed by atoms with Crippen LogP contribution in [0, 0.1) is 11.6 Å². The van der Waals surface area contributed by atoms with Crippen LogP contribution in [0.2, 0.25) is 0 Å². The van der Waals surface area contributed by atoms with Gasteiger partial charge >= 0.3 is 17.8 Å². The fourth-order valence-electron chi connectivity index (χ4n) is 4.82. The summed E-state index contributed by atoms with van der Waals surface area (Å²) in [6.45, 7) is -1.62. The van der Waals surface area contributed by atoms with E-state index in [-0.39, 0.29) is 12.1 Å². The van der Waals surface area contributed by atoms with Gasteiger partial charge in [0.15, 0.2) is 0 Å². The number of hydrogen-bond donors (Lipinski definition) is 2.